The molecular formula is C14H10F2N2. The summed E-state index contributed by atoms with van der Waals surface area (Å²) in [4.78, 5) is 4.17. The first-order valence-corrected chi connectivity index (χ1v) is 5.40. The molecule has 0 saturated heterocycles. The second-order valence-electron chi connectivity index (χ2n) is 3.94. The third-order valence-corrected chi connectivity index (χ3v) is 2.52. The number of nitriles is 1. The average Bonchev–Trinajstić information content (AvgIpc) is 2.32. The highest BCUT2D eigenvalue weighted by Gasteiger charge is 2.11. The van der Waals surface area contributed by atoms with Gasteiger partial charge < -0.3 is 0 Å². The van der Waals surface area contributed by atoms with Crippen molar-refractivity contribution < 1.29 is 8.78 Å². The van der Waals surface area contributed by atoms with Gasteiger partial charge in [0.1, 0.15) is 0 Å². The minimum Gasteiger partial charge on any atom is -0.253 e. The Morgan fingerprint density at radius 3 is 2.78 bits per heavy atom. The number of aromatic nitrogens is 1. The van der Waals surface area contributed by atoms with Crippen molar-refractivity contribution >= 4 is 0 Å². The third kappa shape index (κ3) is 2.35. The zero-order valence-corrected chi connectivity index (χ0v) is 9.74. The van der Waals surface area contributed by atoms with Crippen LogP contribution in [0.15, 0.2) is 30.3 Å². The van der Waals surface area contributed by atoms with E-state index < -0.39 is 11.6 Å². The summed E-state index contributed by atoms with van der Waals surface area (Å²) in [7, 11) is 0. The highest BCUT2D eigenvalue weighted by molar-refractivity contribution is 5.61. The molecule has 18 heavy (non-hydrogen) atoms. The summed E-state index contributed by atoms with van der Waals surface area (Å²) >= 11 is 0. The van der Waals surface area contributed by atoms with E-state index in [0.717, 1.165) is 11.6 Å². The number of pyridine rings is 1. The van der Waals surface area contributed by atoms with Crippen LogP contribution in [0.25, 0.3) is 11.3 Å². The van der Waals surface area contributed by atoms with Crippen molar-refractivity contribution in [1.82, 2.24) is 4.98 Å². The number of hydrogen-bond donors (Lipinski definition) is 0. The molecule has 0 fully saturated rings. The van der Waals surface area contributed by atoms with E-state index in [0.29, 0.717) is 11.4 Å². The largest absolute Gasteiger partial charge is 0.253 e. The van der Waals surface area contributed by atoms with Gasteiger partial charge in [-0.2, -0.15) is 5.26 Å². The van der Waals surface area contributed by atoms with Crippen LogP contribution in [0.5, 0.6) is 0 Å². The van der Waals surface area contributed by atoms with Crippen LogP contribution in [-0.4, -0.2) is 4.98 Å². The molecule has 1 aromatic carbocycles. The fourth-order valence-electron chi connectivity index (χ4n) is 1.77. The lowest BCUT2D eigenvalue weighted by Gasteiger charge is -2.06. The van der Waals surface area contributed by atoms with Crippen LogP contribution >= 0.6 is 0 Å². The van der Waals surface area contributed by atoms with Gasteiger partial charge >= 0.3 is 0 Å². The second kappa shape index (κ2) is 4.92. The van der Waals surface area contributed by atoms with Gasteiger partial charge in [-0.15, -0.1) is 0 Å². The Kier molecular flexibility index (Phi) is 3.33. The predicted octanol–water partition coefficient (Wildman–Crippen LogP) is 3.40. The molecule has 1 heterocycles. The molecule has 0 saturated carbocycles. The Bertz CT molecular complexity index is 630. The first-order valence-electron chi connectivity index (χ1n) is 5.40. The van der Waals surface area contributed by atoms with Gasteiger partial charge in [-0.3, -0.25) is 4.98 Å². The number of halogens is 2. The zero-order valence-electron chi connectivity index (χ0n) is 9.74. The molecule has 0 aliphatic carbocycles. The molecule has 4 heteroatoms. The van der Waals surface area contributed by atoms with E-state index in [9.17, 15) is 8.78 Å². The van der Waals surface area contributed by atoms with E-state index in [1.54, 1.807) is 19.1 Å². The molecule has 0 atom stereocenters. The minimum atomic E-state index is -0.918. The van der Waals surface area contributed by atoms with Gasteiger partial charge in [0.05, 0.1) is 18.2 Å². The first-order chi connectivity index (χ1) is 8.61. The van der Waals surface area contributed by atoms with E-state index in [2.05, 4.69) is 4.98 Å². The lowest BCUT2D eigenvalue weighted by molar-refractivity contribution is 0.511. The van der Waals surface area contributed by atoms with E-state index in [-0.39, 0.29) is 12.0 Å². The lowest BCUT2D eigenvalue weighted by Crippen LogP contribution is -1.95. The molecule has 2 nitrogen and oxygen atoms in total. The SMILES string of the molecule is Cc1cc(CC#N)cc(-c2cccc(F)c2F)n1. The van der Waals surface area contributed by atoms with Crippen molar-refractivity contribution in [2.24, 2.45) is 0 Å². The highest BCUT2D eigenvalue weighted by atomic mass is 19.2. The summed E-state index contributed by atoms with van der Waals surface area (Å²) < 4.78 is 26.8. The topological polar surface area (TPSA) is 36.7 Å². The summed E-state index contributed by atoms with van der Waals surface area (Å²) in [5.74, 6) is -1.82. The molecule has 0 spiro atoms. The Balaban J connectivity index is 2.57. The fraction of sp³-hybridized carbons (Fsp3) is 0.143. The number of aryl methyl sites for hydroxylation is 1. The second-order valence-corrected chi connectivity index (χ2v) is 3.94. The van der Waals surface area contributed by atoms with E-state index in [4.69, 9.17) is 5.26 Å². The molecule has 0 bridgehead atoms. The smallest absolute Gasteiger partial charge is 0.168 e. The average molecular weight is 244 g/mol. The number of benzene rings is 1. The molecule has 0 aliphatic rings. The molecule has 0 N–H and O–H groups in total. The van der Waals surface area contributed by atoms with Crippen molar-refractivity contribution in [3.8, 4) is 17.3 Å². The Morgan fingerprint density at radius 2 is 2.06 bits per heavy atom. The van der Waals surface area contributed by atoms with E-state index >= 15 is 0 Å². The van der Waals surface area contributed by atoms with Crippen LogP contribution in [0.1, 0.15) is 11.3 Å². The number of hydrogen-bond acceptors (Lipinski definition) is 2. The van der Waals surface area contributed by atoms with Crippen molar-refractivity contribution in [3.05, 3.63) is 53.2 Å². The molecule has 0 radical (unpaired) electrons. The van der Waals surface area contributed by atoms with Gasteiger partial charge in [-0.05, 0) is 36.8 Å². The van der Waals surface area contributed by atoms with Gasteiger partial charge in [0, 0.05) is 11.3 Å². The predicted molar refractivity (Wildman–Crippen MR) is 63.6 cm³/mol. The molecule has 2 rings (SSSR count). The normalized spacial score (nSPS) is 10.1. The van der Waals surface area contributed by atoms with Crippen molar-refractivity contribution in [3.63, 3.8) is 0 Å². The lowest BCUT2D eigenvalue weighted by atomic mass is 10.1. The Hall–Kier alpha value is -2.28. The monoisotopic (exact) mass is 244 g/mol. The van der Waals surface area contributed by atoms with E-state index in [1.165, 1.54) is 12.1 Å². The summed E-state index contributed by atoms with van der Waals surface area (Å²) in [6, 6.07) is 9.34. The van der Waals surface area contributed by atoms with Gasteiger partial charge in [-0.25, -0.2) is 8.78 Å². The standard InChI is InChI=1S/C14H10F2N2/c1-9-7-10(5-6-17)8-13(18-9)11-3-2-4-12(15)14(11)16/h2-4,7-8H,5H2,1H3. The fourth-order valence-corrected chi connectivity index (χ4v) is 1.77. The molecular weight excluding hydrogens is 234 g/mol. The maximum Gasteiger partial charge on any atom is 0.168 e. The van der Waals surface area contributed by atoms with Crippen LogP contribution in [0.2, 0.25) is 0 Å². The molecule has 1 aromatic heterocycles. The summed E-state index contributed by atoms with van der Waals surface area (Å²) in [6.07, 6.45) is 0.216. The zero-order chi connectivity index (χ0) is 13.1. The van der Waals surface area contributed by atoms with E-state index in [1.807, 2.05) is 6.07 Å². The van der Waals surface area contributed by atoms with Gasteiger partial charge in [0.25, 0.3) is 0 Å². The summed E-state index contributed by atoms with van der Waals surface area (Å²) in [5, 5.41) is 8.67. The number of nitrogens with zero attached hydrogens (tertiary/aromatic N) is 2. The van der Waals surface area contributed by atoms with Gasteiger partial charge in [-0.1, -0.05) is 6.07 Å². The van der Waals surface area contributed by atoms with Crippen molar-refractivity contribution in [1.29, 1.82) is 5.26 Å². The maximum absolute atomic E-state index is 13.7. The van der Waals surface area contributed by atoms with Crippen LogP contribution < -0.4 is 0 Å². The Labute approximate surface area is 104 Å². The molecule has 0 unspecified atom stereocenters. The molecule has 90 valence electrons. The molecule has 0 amide bonds. The van der Waals surface area contributed by atoms with Gasteiger partial charge in [0.15, 0.2) is 11.6 Å². The quantitative estimate of drug-likeness (QED) is 0.811. The maximum atomic E-state index is 13.7. The van der Waals surface area contributed by atoms with Crippen LogP contribution in [0, 0.1) is 29.9 Å². The number of rotatable bonds is 2. The van der Waals surface area contributed by atoms with Crippen LogP contribution in [-0.2, 0) is 6.42 Å². The van der Waals surface area contributed by atoms with Gasteiger partial charge in [0.2, 0.25) is 0 Å². The highest BCUT2D eigenvalue weighted by Crippen LogP contribution is 2.24. The Morgan fingerprint density at radius 1 is 1.28 bits per heavy atom. The summed E-state index contributed by atoms with van der Waals surface area (Å²) in [5.41, 5.74) is 1.86. The third-order valence-electron chi connectivity index (χ3n) is 2.52. The first kappa shape index (κ1) is 12.2. The van der Waals surface area contributed by atoms with Crippen LogP contribution in [0.4, 0.5) is 8.78 Å². The molecule has 0 aliphatic heterocycles. The van der Waals surface area contributed by atoms with Crippen LogP contribution in [0.3, 0.4) is 0 Å². The minimum absolute atomic E-state index is 0.109. The molecule has 2 aromatic rings. The van der Waals surface area contributed by atoms with Crippen molar-refractivity contribution in [2.75, 3.05) is 0 Å². The van der Waals surface area contributed by atoms with Crippen molar-refractivity contribution in [2.45, 2.75) is 13.3 Å². The summed E-state index contributed by atoms with van der Waals surface area (Å²) in [6.45, 7) is 1.75.